The Labute approximate surface area is 167 Å². The molecule has 8 nitrogen and oxygen atoms in total. The highest BCUT2D eigenvalue weighted by Gasteiger charge is 2.10. The van der Waals surface area contributed by atoms with E-state index in [4.69, 9.17) is 18.9 Å². The predicted octanol–water partition coefficient (Wildman–Crippen LogP) is 0.854. The zero-order chi connectivity index (χ0) is 19.9. The van der Waals surface area contributed by atoms with Crippen molar-refractivity contribution in [2.75, 3.05) is 78.9 Å². The van der Waals surface area contributed by atoms with Crippen molar-refractivity contribution >= 4 is 11.9 Å². The normalized spacial score (nSPS) is 19.0. The highest BCUT2D eigenvalue weighted by atomic mass is 16.5. The summed E-state index contributed by atoms with van der Waals surface area (Å²) in [7, 11) is 0. The van der Waals surface area contributed by atoms with Crippen molar-refractivity contribution in [2.45, 2.75) is 25.7 Å². The van der Waals surface area contributed by atoms with E-state index in [9.17, 15) is 9.59 Å². The van der Waals surface area contributed by atoms with Crippen molar-refractivity contribution in [2.24, 2.45) is 0 Å². The fourth-order valence-electron chi connectivity index (χ4n) is 3.13. The number of ether oxygens (including phenoxy) is 4. The molecule has 0 radical (unpaired) electrons. The summed E-state index contributed by atoms with van der Waals surface area (Å²) in [6.45, 7) is 9.69. The van der Waals surface area contributed by atoms with Crippen LogP contribution in [-0.2, 0) is 28.5 Å². The second-order valence-corrected chi connectivity index (χ2v) is 6.99. The summed E-state index contributed by atoms with van der Waals surface area (Å²) in [4.78, 5) is 27.9. The number of unbranched alkanes of at least 4 members (excludes halogenated alkanes) is 2. The number of carbonyl (C=O) groups is 2. The maximum atomic E-state index is 11.6. The number of rotatable bonds is 12. The monoisotopic (exact) mass is 398 g/mol. The van der Waals surface area contributed by atoms with Gasteiger partial charge in [0.2, 0.25) is 0 Å². The van der Waals surface area contributed by atoms with Crippen LogP contribution in [-0.4, -0.2) is 101 Å². The number of carbonyl (C=O) groups excluding carboxylic acids is 2. The Morgan fingerprint density at radius 2 is 1.14 bits per heavy atom. The number of hydrogen-bond donors (Lipinski definition) is 0. The van der Waals surface area contributed by atoms with Crippen LogP contribution in [0.4, 0.5) is 0 Å². The molecule has 0 aliphatic carbocycles. The largest absolute Gasteiger partial charge is 0.463 e. The molecule has 0 saturated carbocycles. The lowest BCUT2D eigenvalue weighted by molar-refractivity contribution is -0.140. The van der Waals surface area contributed by atoms with Crippen LogP contribution in [0.25, 0.3) is 0 Å². The van der Waals surface area contributed by atoms with Crippen molar-refractivity contribution in [1.82, 2.24) is 9.80 Å². The van der Waals surface area contributed by atoms with Gasteiger partial charge in [0.15, 0.2) is 0 Å². The molecule has 0 amide bonds. The fourth-order valence-corrected chi connectivity index (χ4v) is 3.13. The Hall–Kier alpha value is -1.48. The van der Waals surface area contributed by atoms with E-state index in [0.717, 1.165) is 104 Å². The van der Waals surface area contributed by atoms with Gasteiger partial charge < -0.3 is 18.9 Å². The van der Waals surface area contributed by atoms with Crippen molar-refractivity contribution in [3.8, 4) is 0 Å². The van der Waals surface area contributed by atoms with Gasteiger partial charge in [0.25, 0.3) is 0 Å². The van der Waals surface area contributed by atoms with Gasteiger partial charge >= 0.3 is 11.9 Å². The van der Waals surface area contributed by atoms with Gasteiger partial charge in [-0.05, 0) is 32.2 Å². The Bertz CT molecular complexity index is 473. The van der Waals surface area contributed by atoms with Gasteiger partial charge in [0.05, 0.1) is 39.6 Å². The minimum Gasteiger partial charge on any atom is -0.463 e. The van der Waals surface area contributed by atoms with Crippen LogP contribution in [0.3, 0.4) is 0 Å². The molecule has 0 aromatic rings. The molecule has 2 aliphatic heterocycles. The van der Waals surface area contributed by atoms with Crippen molar-refractivity contribution in [3.63, 3.8) is 0 Å². The molecule has 28 heavy (non-hydrogen) atoms. The van der Waals surface area contributed by atoms with Crippen LogP contribution in [0, 0.1) is 0 Å². The van der Waals surface area contributed by atoms with Gasteiger partial charge in [-0.25, -0.2) is 9.59 Å². The lowest BCUT2D eigenvalue weighted by Crippen LogP contribution is -2.37. The number of hydrogen-bond acceptors (Lipinski definition) is 8. The van der Waals surface area contributed by atoms with Gasteiger partial charge in [0.1, 0.15) is 0 Å². The zero-order valence-electron chi connectivity index (χ0n) is 16.8. The maximum absolute atomic E-state index is 11.6. The summed E-state index contributed by atoms with van der Waals surface area (Å²) in [5.74, 6) is -1.01. The Morgan fingerprint density at radius 3 is 1.68 bits per heavy atom. The Morgan fingerprint density at radius 1 is 0.679 bits per heavy atom. The second kappa shape index (κ2) is 14.5. The highest BCUT2D eigenvalue weighted by Crippen LogP contribution is 2.03. The topological polar surface area (TPSA) is 77.5 Å². The third-order valence-corrected chi connectivity index (χ3v) is 4.79. The predicted molar refractivity (Wildman–Crippen MR) is 104 cm³/mol. The Balaban J connectivity index is 1.40. The zero-order valence-corrected chi connectivity index (χ0v) is 16.8. The first-order valence-electron chi connectivity index (χ1n) is 10.4. The molecule has 2 heterocycles. The summed E-state index contributed by atoms with van der Waals surface area (Å²) in [5, 5.41) is 0. The number of morpholine rings is 2. The van der Waals surface area contributed by atoms with E-state index in [1.54, 1.807) is 0 Å². The van der Waals surface area contributed by atoms with E-state index in [-0.39, 0.29) is 0 Å². The third kappa shape index (κ3) is 10.8. The molecule has 0 spiro atoms. The smallest absolute Gasteiger partial charge is 0.331 e. The molecular formula is C20H34N2O6. The molecule has 0 N–H and O–H groups in total. The second-order valence-electron chi connectivity index (χ2n) is 6.99. The van der Waals surface area contributed by atoms with Crippen LogP contribution >= 0.6 is 0 Å². The van der Waals surface area contributed by atoms with Crippen LogP contribution in [0.2, 0.25) is 0 Å². The molecule has 2 rings (SSSR count). The van der Waals surface area contributed by atoms with Gasteiger partial charge in [0, 0.05) is 44.9 Å². The molecule has 0 aromatic carbocycles. The summed E-state index contributed by atoms with van der Waals surface area (Å²) in [6.07, 6.45) is 5.97. The first kappa shape index (κ1) is 22.8. The molecule has 0 unspecified atom stereocenters. The van der Waals surface area contributed by atoms with Crippen molar-refractivity contribution in [3.05, 3.63) is 12.2 Å². The molecule has 0 atom stereocenters. The van der Waals surface area contributed by atoms with E-state index in [1.165, 1.54) is 0 Å². The van der Waals surface area contributed by atoms with Crippen LogP contribution in [0.5, 0.6) is 0 Å². The molecule has 160 valence electrons. The average molecular weight is 399 g/mol. The summed E-state index contributed by atoms with van der Waals surface area (Å²) in [5.41, 5.74) is 0. The molecular weight excluding hydrogens is 364 g/mol. The van der Waals surface area contributed by atoms with Crippen molar-refractivity contribution < 1.29 is 28.5 Å². The first-order valence-corrected chi connectivity index (χ1v) is 10.4. The molecule has 0 aromatic heterocycles. The standard InChI is InChI=1S/C20H34N2O6/c23-19(27-13-3-1-2-7-21-9-15-25-16-10-21)5-6-20(24)28-14-4-8-22-11-17-26-18-12-22/h5-6H,1-4,7-18H2/b6-5+. The molecule has 0 bridgehead atoms. The lowest BCUT2D eigenvalue weighted by atomic mass is 10.2. The van der Waals surface area contributed by atoms with Gasteiger partial charge in [-0.3, -0.25) is 9.80 Å². The van der Waals surface area contributed by atoms with Gasteiger partial charge in [-0.2, -0.15) is 0 Å². The number of nitrogens with zero attached hydrogens (tertiary/aromatic N) is 2. The fraction of sp³-hybridized carbons (Fsp3) is 0.800. The Kier molecular flexibility index (Phi) is 11.8. The SMILES string of the molecule is O=C(/C=C/C(=O)OCCCN1CCOCC1)OCCCCCN1CCOCC1. The van der Waals surface area contributed by atoms with Gasteiger partial charge in [-0.15, -0.1) is 0 Å². The summed E-state index contributed by atoms with van der Waals surface area (Å²) in [6, 6.07) is 0. The van der Waals surface area contributed by atoms with Crippen LogP contribution in [0.15, 0.2) is 12.2 Å². The summed E-state index contributed by atoms with van der Waals surface area (Å²) < 4.78 is 20.8. The first-order chi connectivity index (χ1) is 13.7. The van der Waals surface area contributed by atoms with E-state index >= 15 is 0 Å². The molecule has 8 heteroatoms. The lowest BCUT2D eigenvalue weighted by Gasteiger charge is -2.26. The van der Waals surface area contributed by atoms with E-state index < -0.39 is 11.9 Å². The van der Waals surface area contributed by atoms with E-state index in [0.29, 0.717) is 13.2 Å². The van der Waals surface area contributed by atoms with Gasteiger partial charge in [-0.1, -0.05) is 0 Å². The summed E-state index contributed by atoms with van der Waals surface area (Å²) >= 11 is 0. The molecule has 2 aliphatic rings. The quantitative estimate of drug-likeness (QED) is 0.272. The average Bonchev–Trinajstić information content (AvgIpc) is 2.73. The van der Waals surface area contributed by atoms with E-state index in [2.05, 4.69) is 9.80 Å². The minimum atomic E-state index is -0.510. The number of esters is 2. The third-order valence-electron chi connectivity index (χ3n) is 4.79. The van der Waals surface area contributed by atoms with Crippen LogP contribution in [0.1, 0.15) is 25.7 Å². The van der Waals surface area contributed by atoms with Crippen molar-refractivity contribution in [1.29, 1.82) is 0 Å². The minimum absolute atomic E-state index is 0.346. The molecule has 2 saturated heterocycles. The van der Waals surface area contributed by atoms with E-state index in [1.807, 2.05) is 0 Å². The molecule has 2 fully saturated rings. The maximum Gasteiger partial charge on any atom is 0.331 e. The van der Waals surface area contributed by atoms with Crippen LogP contribution < -0.4 is 0 Å². The highest BCUT2D eigenvalue weighted by molar-refractivity contribution is 5.91.